The third-order valence-corrected chi connectivity index (χ3v) is 4.60. The lowest BCUT2D eigenvalue weighted by atomic mass is 9.84. The van der Waals surface area contributed by atoms with Crippen molar-refractivity contribution in [2.75, 3.05) is 33.2 Å². The molecule has 2 aromatic rings. The third-order valence-electron chi connectivity index (χ3n) is 4.60. The summed E-state index contributed by atoms with van der Waals surface area (Å²) >= 11 is 0. The van der Waals surface area contributed by atoms with Gasteiger partial charge in [-0.2, -0.15) is 0 Å². The molecule has 1 N–H and O–H groups in total. The smallest absolute Gasteiger partial charge is 0.252 e. The predicted molar refractivity (Wildman–Crippen MR) is 93.3 cm³/mol. The van der Waals surface area contributed by atoms with Crippen LogP contribution in [0.25, 0.3) is 10.9 Å². The molecule has 0 spiro atoms. The molecule has 1 amide bonds. The maximum atomic E-state index is 12.8. The van der Waals surface area contributed by atoms with Gasteiger partial charge in [0.2, 0.25) is 0 Å². The highest BCUT2D eigenvalue weighted by atomic mass is 16.7. The molecule has 1 aromatic heterocycles. The lowest BCUT2D eigenvalue weighted by Gasteiger charge is -2.45. The Morgan fingerprint density at radius 1 is 1.25 bits per heavy atom. The molecule has 3 rings (SSSR count). The van der Waals surface area contributed by atoms with E-state index in [4.69, 9.17) is 9.47 Å². The van der Waals surface area contributed by atoms with Crippen LogP contribution in [0.5, 0.6) is 0 Å². The molecule has 0 aliphatic heterocycles. The first kappa shape index (κ1) is 16.7. The van der Waals surface area contributed by atoms with Crippen molar-refractivity contribution in [2.24, 2.45) is 0 Å². The lowest BCUT2D eigenvalue weighted by molar-refractivity contribution is -0.258. The molecule has 0 radical (unpaired) electrons. The van der Waals surface area contributed by atoms with Crippen LogP contribution in [0, 0.1) is 0 Å². The zero-order chi connectivity index (χ0) is 17.3. The summed E-state index contributed by atoms with van der Waals surface area (Å²) in [7, 11) is 7.08. The fraction of sp³-hybridized carbons (Fsp3) is 0.444. The van der Waals surface area contributed by atoms with Crippen LogP contribution in [-0.4, -0.2) is 51.0 Å². The summed E-state index contributed by atoms with van der Waals surface area (Å²) in [5, 5.41) is 3.92. The molecular weight excluding hydrogens is 306 g/mol. The van der Waals surface area contributed by atoms with E-state index in [1.165, 1.54) is 0 Å². The summed E-state index contributed by atoms with van der Waals surface area (Å²) in [6.45, 7) is 0. The number of carbonyl (C=O) groups is 1. The Kier molecular flexibility index (Phi) is 4.43. The second kappa shape index (κ2) is 6.37. The summed E-state index contributed by atoms with van der Waals surface area (Å²) < 4.78 is 10.7. The number of methoxy groups -OCH3 is 2. The minimum absolute atomic E-state index is 0.0483. The molecule has 1 aliphatic carbocycles. The number of anilines is 1. The fourth-order valence-corrected chi connectivity index (χ4v) is 3.05. The first-order valence-electron chi connectivity index (χ1n) is 7.96. The number of pyridine rings is 1. The Labute approximate surface area is 141 Å². The number of fused-ring (bicyclic) bond motifs is 1. The van der Waals surface area contributed by atoms with Crippen LogP contribution in [0.1, 0.15) is 23.2 Å². The van der Waals surface area contributed by atoms with E-state index in [9.17, 15) is 4.79 Å². The van der Waals surface area contributed by atoms with Gasteiger partial charge >= 0.3 is 0 Å². The molecule has 1 saturated carbocycles. The van der Waals surface area contributed by atoms with Gasteiger partial charge in [0, 0.05) is 52.6 Å². The molecule has 1 aliphatic rings. The molecular formula is C18H23N3O3. The summed E-state index contributed by atoms with van der Waals surface area (Å²) in [6.07, 6.45) is 1.30. The average Bonchev–Trinajstić information content (AvgIpc) is 2.56. The van der Waals surface area contributed by atoms with Crippen LogP contribution in [-0.2, 0) is 9.47 Å². The van der Waals surface area contributed by atoms with Gasteiger partial charge in [-0.15, -0.1) is 0 Å². The number of carbonyl (C=O) groups excluding carboxylic acids is 1. The van der Waals surface area contributed by atoms with Gasteiger partial charge in [-0.3, -0.25) is 4.79 Å². The summed E-state index contributed by atoms with van der Waals surface area (Å²) in [5.74, 6) is 0.102. The van der Waals surface area contributed by atoms with Crippen molar-refractivity contribution in [1.29, 1.82) is 0 Å². The number of nitrogens with zero attached hydrogens (tertiary/aromatic N) is 2. The van der Waals surface area contributed by atoms with Gasteiger partial charge in [0.05, 0.1) is 11.1 Å². The molecule has 6 heteroatoms. The average molecular weight is 329 g/mol. The first-order valence-corrected chi connectivity index (χ1v) is 7.96. The Bertz CT molecular complexity index is 748. The molecule has 128 valence electrons. The fourth-order valence-electron chi connectivity index (χ4n) is 3.05. The molecule has 1 heterocycles. The van der Waals surface area contributed by atoms with E-state index in [2.05, 4.69) is 10.3 Å². The number of ether oxygens (including phenoxy) is 2. The van der Waals surface area contributed by atoms with E-state index in [0.29, 0.717) is 18.4 Å². The zero-order valence-electron chi connectivity index (χ0n) is 14.5. The highest BCUT2D eigenvalue weighted by Crippen LogP contribution is 2.36. The summed E-state index contributed by atoms with van der Waals surface area (Å²) in [4.78, 5) is 19.3. The van der Waals surface area contributed by atoms with Crippen molar-refractivity contribution in [3.63, 3.8) is 0 Å². The SMILES string of the molecule is COC1(OC)CC(NC(=O)c2cc(N(C)C)nc3ccccc23)C1. The number of amides is 1. The number of aromatic nitrogens is 1. The zero-order valence-corrected chi connectivity index (χ0v) is 14.5. The largest absolute Gasteiger partial charge is 0.363 e. The maximum absolute atomic E-state index is 12.8. The van der Waals surface area contributed by atoms with Crippen molar-refractivity contribution in [1.82, 2.24) is 10.3 Å². The monoisotopic (exact) mass is 329 g/mol. The van der Waals surface area contributed by atoms with Gasteiger partial charge in [-0.05, 0) is 12.1 Å². The van der Waals surface area contributed by atoms with E-state index < -0.39 is 5.79 Å². The van der Waals surface area contributed by atoms with Crippen molar-refractivity contribution >= 4 is 22.6 Å². The number of nitrogens with one attached hydrogen (secondary N) is 1. The topological polar surface area (TPSA) is 63.7 Å². The number of para-hydroxylation sites is 1. The minimum atomic E-state index is -0.562. The van der Waals surface area contributed by atoms with Crippen molar-refractivity contribution in [2.45, 2.75) is 24.7 Å². The first-order chi connectivity index (χ1) is 11.5. The Morgan fingerprint density at radius 3 is 2.54 bits per heavy atom. The molecule has 1 aromatic carbocycles. The van der Waals surface area contributed by atoms with E-state index in [-0.39, 0.29) is 11.9 Å². The van der Waals surface area contributed by atoms with Gasteiger partial charge in [-0.1, -0.05) is 18.2 Å². The predicted octanol–water partition coefficient (Wildman–Crippen LogP) is 2.18. The lowest BCUT2D eigenvalue weighted by Crippen LogP contribution is -2.57. The molecule has 0 atom stereocenters. The van der Waals surface area contributed by atoms with Crippen LogP contribution in [0.4, 0.5) is 5.82 Å². The molecule has 6 nitrogen and oxygen atoms in total. The quantitative estimate of drug-likeness (QED) is 0.852. The van der Waals surface area contributed by atoms with Crippen LogP contribution in [0.2, 0.25) is 0 Å². The highest BCUT2D eigenvalue weighted by molar-refractivity contribution is 6.07. The van der Waals surface area contributed by atoms with Crippen molar-refractivity contribution in [3.8, 4) is 0 Å². The van der Waals surface area contributed by atoms with Crippen LogP contribution < -0.4 is 10.2 Å². The van der Waals surface area contributed by atoms with Crippen LogP contribution >= 0.6 is 0 Å². The van der Waals surface area contributed by atoms with Gasteiger partial charge in [0.25, 0.3) is 5.91 Å². The number of hydrogen-bond acceptors (Lipinski definition) is 5. The van der Waals surface area contributed by atoms with Gasteiger partial charge in [-0.25, -0.2) is 4.98 Å². The third kappa shape index (κ3) is 2.95. The second-order valence-electron chi connectivity index (χ2n) is 6.34. The van der Waals surface area contributed by atoms with E-state index in [1.807, 2.05) is 49.3 Å². The summed E-state index contributed by atoms with van der Waals surface area (Å²) in [6, 6.07) is 9.56. The second-order valence-corrected chi connectivity index (χ2v) is 6.34. The van der Waals surface area contributed by atoms with Crippen LogP contribution in [0.15, 0.2) is 30.3 Å². The van der Waals surface area contributed by atoms with E-state index in [0.717, 1.165) is 16.7 Å². The Balaban J connectivity index is 1.85. The van der Waals surface area contributed by atoms with Crippen LogP contribution in [0.3, 0.4) is 0 Å². The number of rotatable bonds is 5. The molecule has 0 saturated heterocycles. The highest BCUT2D eigenvalue weighted by Gasteiger charge is 2.45. The van der Waals surface area contributed by atoms with Crippen molar-refractivity contribution in [3.05, 3.63) is 35.9 Å². The van der Waals surface area contributed by atoms with Gasteiger partial charge < -0.3 is 19.7 Å². The molecule has 1 fully saturated rings. The standard InChI is InChI=1S/C18H23N3O3/c1-21(2)16-9-14(13-7-5-6-8-15(13)20-16)17(22)19-12-10-18(11-12,23-3)24-4/h5-9,12H,10-11H2,1-4H3,(H,19,22). The van der Waals surface area contributed by atoms with Crippen molar-refractivity contribution < 1.29 is 14.3 Å². The van der Waals surface area contributed by atoms with Gasteiger partial charge in [0.1, 0.15) is 5.82 Å². The molecule has 0 unspecified atom stereocenters. The number of hydrogen-bond donors (Lipinski definition) is 1. The normalized spacial score (nSPS) is 16.7. The Hall–Kier alpha value is -2.18. The van der Waals surface area contributed by atoms with E-state index in [1.54, 1.807) is 14.2 Å². The minimum Gasteiger partial charge on any atom is -0.363 e. The molecule has 0 bridgehead atoms. The maximum Gasteiger partial charge on any atom is 0.252 e. The summed E-state index contributed by atoms with van der Waals surface area (Å²) in [5.41, 5.74) is 1.45. The molecule has 24 heavy (non-hydrogen) atoms. The Morgan fingerprint density at radius 2 is 1.92 bits per heavy atom. The van der Waals surface area contributed by atoms with E-state index >= 15 is 0 Å². The van der Waals surface area contributed by atoms with Gasteiger partial charge in [0.15, 0.2) is 5.79 Å². The number of benzene rings is 1.